The van der Waals surface area contributed by atoms with Crippen LogP contribution in [0.4, 0.5) is 15.2 Å². The van der Waals surface area contributed by atoms with Gasteiger partial charge in [-0.3, -0.25) is 0 Å². The fourth-order valence-corrected chi connectivity index (χ4v) is 3.74. The molecule has 0 aliphatic rings. The van der Waals surface area contributed by atoms with Gasteiger partial charge in [-0.25, -0.2) is 9.37 Å². The Kier molecular flexibility index (Phi) is 8.77. The second kappa shape index (κ2) is 10.8. The lowest BCUT2D eigenvalue weighted by molar-refractivity contribution is 0.336. The van der Waals surface area contributed by atoms with Crippen molar-refractivity contribution in [3.8, 4) is 0 Å². The van der Waals surface area contributed by atoms with Gasteiger partial charge in [-0.1, -0.05) is 11.6 Å². The summed E-state index contributed by atoms with van der Waals surface area (Å²) in [6.07, 6.45) is 3.72. The predicted octanol–water partition coefficient (Wildman–Crippen LogP) is 4.14. The Morgan fingerprint density at radius 1 is 1.36 bits per heavy atom. The fraction of sp³-hybridized carbons (Fsp3) is 0.438. The molecule has 138 valence electrons. The summed E-state index contributed by atoms with van der Waals surface area (Å²) in [5, 5.41) is 6.28. The second-order valence-corrected chi connectivity index (χ2v) is 7.68. The Morgan fingerprint density at radius 3 is 2.92 bits per heavy atom. The van der Waals surface area contributed by atoms with E-state index in [9.17, 15) is 4.39 Å². The Bertz CT molecular complexity index is 642. The zero-order valence-electron chi connectivity index (χ0n) is 14.1. The van der Waals surface area contributed by atoms with E-state index in [-0.39, 0.29) is 5.82 Å². The van der Waals surface area contributed by atoms with Crippen LogP contribution in [0.2, 0.25) is 5.02 Å². The molecule has 0 aliphatic heterocycles. The van der Waals surface area contributed by atoms with E-state index in [4.69, 9.17) is 17.3 Å². The number of nitrogens with two attached hydrogens (primary N) is 1. The highest BCUT2D eigenvalue weighted by Gasteiger charge is 2.10. The molecule has 0 saturated heterocycles. The summed E-state index contributed by atoms with van der Waals surface area (Å²) in [5.74, 6) is -0.316. The van der Waals surface area contributed by atoms with E-state index in [0.717, 1.165) is 49.6 Å². The SMILES string of the molecule is CN(CCN)CCCCNc1cc(F)c(SNc2nccs2)cc1Cl. The maximum absolute atomic E-state index is 14.2. The Hall–Kier alpha value is -1.06. The molecule has 1 aromatic heterocycles. The lowest BCUT2D eigenvalue weighted by atomic mass is 10.2. The van der Waals surface area contributed by atoms with Gasteiger partial charge in [-0.2, -0.15) is 0 Å². The number of unbranched alkanes of at least 4 members (excludes halogenated alkanes) is 1. The molecule has 9 heteroatoms. The van der Waals surface area contributed by atoms with Gasteiger partial charge < -0.3 is 20.7 Å². The number of nitrogens with one attached hydrogen (secondary N) is 2. The van der Waals surface area contributed by atoms with Crippen molar-refractivity contribution < 1.29 is 4.39 Å². The van der Waals surface area contributed by atoms with Crippen LogP contribution in [0.15, 0.2) is 28.6 Å². The van der Waals surface area contributed by atoms with Crippen molar-refractivity contribution in [3.05, 3.63) is 34.5 Å². The number of nitrogens with zero attached hydrogens (tertiary/aromatic N) is 2. The van der Waals surface area contributed by atoms with E-state index < -0.39 is 0 Å². The summed E-state index contributed by atoms with van der Waals surface area (Å²) in [7, 11) is 2.06. The first kappa shape index (κ1) is 20.3. The Balaban J connectivity index is 1.78. The van der Waals surface area contributed by atoms with Crippen molar-refractivity contribution in [1.29, 1.82) is 0 Å². The van der Waals surface area contributed by atoms with Crippen molar-refractivity contribution in [1.82, 2.24) is 9.88 Å². The highest BCUT2D eigenvalue weighted by Crippen LogP contribution is 2.32. The third kappa shape index (κ3) is 6.99. The van der Waals surface area contributed by atoms with Gasteiger partial charge in [0.2, 0.25) is 0 Å². The van der Waals surface area contributed by atoms with Crippen molar-refractivity contribution in [2.75, 3.05) is 43.3 Å². The van der Waals surface area contributed by atoms with Crippen LogP contribution >= 0.6 is 34.9 Å². The average molecular weight is 404 g/mol. The van der Waals surface area contributed by atoms with Gasteiger partial charge in [-0.15, -0.1) is 11.3 Å². The first-order chi connectivity index (χ1) is 12.1. The molecule has 5 nitrogen and oxygen atoms in total. The van der Waals surface area contributed by atoms with E-state index in [1.807, 2.05) is 5.38 Å². The van der Waals surface area contributed by atoms with Gasteiger partial charge in [0.25, 0.3) is 0 Å². The molecular formula is C16H23ClFN5S2. The fourth-order valence-electron chi connectivity index (χ4n) is 2.18. The number of benzene rings is 1. The second-order valence-electron chi connectivity index (χ2n) is 5.53. The summed E-state index contributed by atoms with van der Waals surface area (Å²) in [6, 6.07) is 3.06. The van der Waals surface area contributed by atoms with Gasteiger partial charge >= 0.3 is 0 Å². The van der Waals surface area contributed by atoms with Crippen LogP contribution in [0.5, 0.6) is 0 Å². The molecule has 2 rings (SSSR count). The molecule has 1 heterocycles. The topological polar surface area (TPSA) is 66.2 Å². The minimum absolute atomic E-state index is 0.316. The van der Waals surface area contributed by atoms with Gasteiger partial charge in [0, 0.05) is 31.2 Å². The van der Waals surface area contributed by atoms with E-state index in [0.29, 0.717) is 22.2 Å². The Morgan fingerprint density at radius 2 is 2.20 bits per heavy atom. The third-order valence-electron chi connectivity index (χ3n) is 3.50. The number of hydrogen-bond acceptors (Lipinski definition) is 7. The number of anilines is 2. The maximum Gasteiger partial charge on any atom is 0.192 e. The van der Waals surface area contributed by atoms with Crippen molar-refractivity contribution >= 4 is 45.7 Å². The zero-order chi connectivity index (χ0) is 18.1. The lowest BCUT2D eigenvalue weighted by Gasteiger charge is -2.15. The van der Waals surface area contributed by atoms with E-state index in [2.05, 4.69) is 27.0 Å². The van der Waals surface area contributed by atoms with E-state index in [1.165, 1.54) is 17.4 Å². The van der Waals surface area contributed by atoms with Gasteiger partial charge in [0.05, 0.1) is 15.6 Å². The molecule has 0 spiro atoms. The van der Waals surface area contributed by atoms with Crippen LogP contribution in [0.25, 0.3) is 0 Å². The molecule has 0 fully saturated rings. The van der Waals surface area contributed by atoms with Crippen molar-refractivity contribution in [3.63, 3.8) is 0 Å². The number of hydrogen-bond donors (Lipinski definition) is 3. The van der Waals surface area contributed by atoms with E-state index in [1.54, 1.807) is 12.3 Å². The maximum atomic E-state index is 14.2. The average Bonchev–Trinajstić information content (AvgIpc) is 3.09. The molecule has 0 radical (unpaired) electrons. The molecule has 0 unspecified atom stereocenters. The summed E-state index contributed by atoms with van der Waals surface area (Å²) < 4.78 is 17.2. The molecule has 0 bridgehead atoms. The number of thiazole rings is 1. The first-order valence-corrected chi connectivity index (χ1v) is 10.1. The molecular weight excluding hydrogens is 381 g/mol. The van der Waals surface area contributed by atoms with Gasteiger partial charge in [0.15, 0.2) is 5.13 Å². The van der Waals surface area contributed by atoms with Gasteiger partial charge in [0.1, 0.15) is 5.82 Å². The predicted molar refractivity (Wildman–Crippen MR) is 107 cm³/mol. The minimum Gasteiger partial charge on any atom is -0.384 e. The van der Waals surface area contributed by atoms with Crippen molar-refractivity contribution in [2.45, 2.75) is 17.7 Å². The molecule has 25 heavy (non-hydrogen) atoms. The quantitative estimate of drug-likeness (QED) is 0.387. The molecule has 0 saturated carbocycles. The standard InChI is InChI=1S/C16H23ClFN5S2/c1-23(8-4-19)7-3-2-5-20-14-11-13(18)15(10-12(14)17)25-22-16-21-6-9-24-16/h6,9-11,20H,2-5,7-8,19H2,1H3,(H,21,22). The Labute approximate surface area is 161 Å². The monoisotopic (exact) mass is 403 g/mol. The number of halogens is 2. The largest absolute Gasteiger partial charge is 0.384 e. The summed E-state index contributed by atoms with van der Waals surface area (Å²) in [6.45, 7) is 3.32. The number of rotatable bonds is 11. The normalized spacial score (nSPS) is 11.1. The van der Waals surface area contributed by atoms with Crippen LogP contribution in [0.3, 0.4) is 0 Å². The highest BCUT2D eigenvalue weighted by molar-refractivity contribution is 8.00. The molecule has 2 aromatic rings. The zero-order valence-corrected chi connectivity index (χ0v) is 16.5. The van der Waals surface area contributed by atoms with Crippen LogP contribution in [0, 0.1) is 5.82 Å². The van der Waals surface area contributed by atoms with Crippen LogP contribution in [-0.4, -0.2) is 43.1 Å². The molecule has 0 atom stereocenters. The number of likely N-dealkylation sites (N-methyl/N-ethyl adjacent to an activating group) is 1. The summed E-state index contributed by atoms with van der Waals surface area (Å²) in [5.41, 5.74) is 6.13. The molecule has 0 aliphatic carbocycles. The molecule has 0 amide bonds. The van der Waals surface area contributed by atoms with Crippen LogP contribution < -0.4 is 15.8 Å². The minimum atomic E-state index is -0.316. The first-order valence-electron chi connectivity index (χ1n) is 8.04. The lowest BCUT2D eigenvalue weighted by Crippen LogP contribution is -2.26. The smallest absolute Gasteiger partial charge is 0.192 e. The molecule has 4 N–H and O–H groups in total. The third-order valence-corrected chi connectivity index (χ3v) is 5.45. The summed E-state index contributed by atoms with van der Waals surface area (Å²) in [4.78, 5) is 6.73. The molecule has 1 aromatic carbocycles. The number of aromatic nitrogens is 1. The highest BCUT2D eigenvalue weighted by atomic mass is 35.5. The van der Waals surface area contributed by atoms with Crippen molar-refractivity contribution in [2.24, 2.45) is 5.73 Å². The summed E-state index contributed by atoms with van der Waals surface area (Å²) >= 11 is 8.88. The van der Waals surface area contributed by atoms with Crippen LogP contribution in [-0.2, 0) is 0 Å². The van der Waals surface area contributed by atoms with E-state index >= 15 is 0 Å². The van der Waals surface area contributed by atoms with Gasteiger partial charge in [-0.05, 0) is 50.5 Å². The van der Waals surface area contributed by atoms with Crippen LogP contribution in [0.1, 0.15) is 12.8 Å².